The van der Waals surface area contributed by atoms with Crippen LogP contribution >= 0.6 is 0 Å². The molecule has 2 aromatic rings. The molecular formula is C11H14N4. The first-order chi connectivity index (χ1) is 7.16. The van der Waals surface area contributed by atoms with Crippen molar-refractivity contribution < 1.29 is 0 Å². The van der Waals surface area contributed by atoms with Crippen molar-refractivity contribution in [1.82, 2.24) is 15.2 Å². The van der Waals surface area contributed by atoms with Crippen molar-refractivity contribution in [3.05, 3.63) is 30.1 Å². The molecule has 1 aromatic carbocycles. The third kappa shape index (κ3) is 1.98. The molecule has 0 bridgehead atoms. The van der Waals surface area contributed by atoms with Gasteiger partial charge in [-0.1, -0.05) is 13.8 Å². The Morgan fingerprint density at radius 2 is 1.87 bits per heavy atom. The Kier molecular flexibility index (Phi) is 2.41. The number of benzene rings is 1. The summed E-state index contributed by atoms with van der Waals surface area (Å²) in [6.45, 7) is 4.15. The number of nitrogens with zero attached hydrogens (tertiary/aromatic N) is 2. The fourth-order valence-corrected chi connectivity index (χ4v) is 1.29. The lowest BCUT2D eigenvalue weighted by molar-refractivity contribution is 0.781. The quantitative estimate of drug-likeness (QED) is 0.733. The van der Waals surface area contributed by atoms with E-state index in [1.807, 2.05) is 24.3 Å². The summed E-state index contributed by atoms with van der Waals surface area (Å²) in [6.07, 6.45) is 0. The Labute approximate surface area is 88.5 Å². The lowest BCUT2D eigenvalue weighted by Crippen LogP contribution is -1.89. The molecule has 4 heteroatoms. The molecule has 0 saturated carbocycles. The Balaban J connectivity index is 2.33. The number of anilines is 1. The van der Waals surface area contributed by atoms with Crippen LogP contribution in [0.5, 0.6) is 0 Å². The molecule has 0 unspecified atom stereocenters. The highest BCUT2D eigenvalue weighted by atomic mass is 15.2. The summed E-state index contributed by atoms with van der Waals surface area (Å²) in [5.74, 6) is 1.99. The molecule has 0 aliphatic carbocycles. The molecule has 78 valence electrons. The van der Waals surface area contributed by atoms with E-state index >= 15 is 0 Å². The van der Waals surface area contributed by atoms with Gasteiger partial charge in [0.25, 0.3) is 0 Å². The summed E-state index contributed by atoms with van der Waals surface area (Å²) < 4.78 is 0. The molecule has 0 radical (unpaired) electrons. The third-order valence-electron chi connectivity index (χ3n) is 2.22. The summed E-state index contributed by atoms with van der Waals surface area (Å²) in [4.78, 5) is 4.40. The number of nitrogens with one attached hydrogen (secondary N) is 1. The Bertz CT molecular complexity index is 442. The summed E-state index contributed by atoms with van der Waals surface area (Å²) >= 11 is 0. The zero-order chi connectivity index (χ0) is 10.8. The van der Waals surface area contributed by atoms with E-state index in [1.165, 1.54) is 0 Å². The first-order valence-corrected chi connectivity index (χ1v) is 4.95. The molecule has 0 spiro atoms. The Hall–Kier alpha value is -1.84. The van der Waals surface area contributed by atoms with Crippen LogP contribution in [-0.4, -0.2) is 15.2 Å². The van der Waals surface area contributed by atoms with Gasteiger partial charge in [-0.2, -0.15) is 5.10 Å². The molecule has 4 nitrogen and oxygen atoms in total. The van der Waals surface area contributed by atoms with Crippen LogP contribution in [0.2, 0.25) is 0 Å². The summed E-state index contributed by atoms with van der Waals surface area (Å²) in [5, 5.41) is 7.09. The first-order valence-electron chi connectivity index (χ1n) is 4.95. The minimum Gasteiger partial charge on any atom is -0.399 e. The van der Waals surface area contributed by atoms with E-state index in [-0.39, 0.29) is 0 Å². The third-order valence-corrected chi connectivity index (χ3v) is 2.22. The van der Waals surface area contributed by atoms with Crippen molar-refractivity contribution in [3.63, 3.8) is 0 Å². The average molecular weight is 202 g/mol. The number of nitrogens with two attached hydrogens (primary N) is 1. The topological polar surface area (TPSA) is 67.6 Å². The van der Waals surface area contributed by atoms with Crippen molar-refractivity contribution >= 4 is 5.69 Å². The molecule has 1 heterocycles. The summed E-state index contributed by atoms with van der Waals surface area (Å²) in [6, 6.07) is 7.53. The average Bonchev–Trinajstić information content (AvgIpc) is 2.68. The Morgan fingerprint density at radius 3 is 2.40 bits per heavy atom. The molecule has 0 saturated heterocycles. The number of aromatic nitrogens is 3. The van der Waals surface area contributed by atoms with Gasteiger partial charge in [-0.3, -0.25) is 5.10 Å². The number of rotatable bonds is 2. The van der Waals surface area contributed by atoms with Gasteiger partial charge in [0, 0.05) is 17.2 Å². The predicted octanol–water partition coefficient (Wildman–Crippen LogP) is 2.18. The number of H-pyrrole nitrogens is 1. The van der Waals surface area contributed by atoms with Gasteiger partial charge < -0.3 is 5.73 Å². The van der Waals surface area contributed by atoms with Gasteiger partial charge in [-0.05, 0) is 24.3 Å². The summed E-state index contributed by atoms with van der Waals surface area (Å²) in [5.41, 5.74) is 7.34. The van der Waals surface area contributed by atoms with Crippen molar-refractivity contribution in [2.24, 2.45) is 0 Å². The Morgan fingerprint density at radius 1 is 1.20 bits per heavy atom. The predicted molar refractivity (Wildman–Crippen MR) is 60.3 cm³/mol. The standard InChI is InChI=1S/C11H14N4/c1-7(2)10-13-11(15-14-10)8-3-5-9(12)6-4-8/h3-7H,12H2,1-2H3,(H,13,14,15). The van der Waals surface area contributed by atoms with Crippen LogP contribution in [0.15, 0.2) is 24.3 Å². The fourth-order valence-electron chi connectivity index (χ4n) is 1.29. The molecule has 0 amide bonds. The van der Waals surface area contributed by atoms with Gasteiger partial charge in [0.1, 0.15) is 5.82 Å². The van der Waals surface area contributed by atoms with E-state index in [4.69, 9.17) is 5.73 Å². The van der Waals surface area contributed by atoms with Crippen LogP contribution in [0.3, 0.4) is 0 Å². The largest absolute Gasteiger partial charge is 0.399 e. The van der Waals surface area contributed by atoms with Crippen molar-refractivity contribution in [2.75, 3.05) is 5.73 Å². The number of hydrogen-bond acceptors (Lipinski definition) is 3. The molecule has 0 atom stereocenters. The SMILES string of the molecule is CC(C)c1nc(-c2ccc(N)cc2)n[nH]1. The molecule has 1 aromatic heterocycles. The highest BCUT2D eigenvalue weighted by Gasteiger charge is 2.07. The number of hydrogen-bond donors (Lipinski definition) is 2. The van der Waals surface area contributed by atoms with E-state index in [2.05, 4.69) is 29.0 Å². The summed E-state index contributed by atoms with van der Waals surface area (Å²) in [7, 11) is 0. The smallest absolute Gasteiger partial charge is 0.181 e. The molecular weight excluding hydrogens is 188 g/mol. The maximum absolute atomic E-state index is 5.61. The van der Waals surface area contributed by atoms with Gasteiger partial charge in [0.2, 0.25) is 0 Å². The molecule has 2 rings (SSSR count). The van der Waals surface area contributed by atoms with Crippen molar-refractivity contribution in [3.8, 4) is 11.4 Å². The van der Waals surface area contributed by atoms with Crippen LogP contribution in [0, 0.1) is 0 Å². The molecule has 0 fully saturated rings. The molecule has 15 heavy (non-hydrogen) atoms. The lowest BCUT2D eigenvalue weighted by Gasteiger charge is -1.96. The molecule has 0 aliphatic rings. The van der Waals surface area contributed by atoms with E-state index in [9.17, 15) is 0 Å². The van der Waals surface area contributed by atoms with Crippen LogP contribution in [0.25, 0.3) is 11.4 Å². The zero-order valence-corrected chi connectivity index (χ0v) is 8.86. The van der Waals surface area contributed by atoms with Crippen LogP contribution < -0.4 is 5.73 Å². The van der Waals surface area contributed by atoms with Crippen LogP contribution in [0.1, 0.15) is 25.6 Å². The highest BCUT2D eigenvalue weighted by Crippen LogP contribution is 2.18. The second-order valence-corrected chi connectivity index (χ2v) is 3.82. The lowest BCUT2D eigenvalue weighted by atomic mass is 10.2. The van der Waals surface area contributed by atoms with Gasteiger partial charge in [-0.15, -0.1) is 0 Å². The van der Waals surface area contributed by atoms with E-state index in [1.54, 1.807) is 0 Å². The maximum atomic E-state index is 5.61. The highest BCUT2D eigenvalue weighted by molar-refractivity contribution is 5.58. The van der Waals surface area contributed by atoms with E-state index in [0.717, 1.165) is 22.9 Å². The second kappa shape index (κ2) is 3.73. The van der Waals surface area contributed by atoms with Gasteiger partial charge in [0.15, 0.2) is 5.82 Å². The van der Waals surface area contributed by atoms with Crippen molar-refractivity contribution in [2.45, 2.75) is 19.8 Å². The number of aromatic amines is 1. The van der Waals surface area contributed by atoms with E-state index < -0.39 is 0 Å². The molecule has 3 N–H and O–H groups in total. The molecule has 0 aliphatic heterocycles. The van der Waals surface area contributed by atoms with E-state index in [0.29, 0.717) is 5.92 Å². The first kappa shape index (κ1) is 9.71. The van der Waals surface area contributed by atoms with Crippen LogP contribution in [0.4, 0.5) is 5.69 Å². The van der Waals surface area contributed by atoms with Gasteiger partial charge >= 0.3 is 0 Å². The zero-order valence-electron chi connectivity index (χ0n) is 8.86. The van der Waals surface area contributed by atoms with Gasteiger partial charge in [-0.25, -0.2) is 4.98 Å². The minimum atomic E-state index is 0.361. The second-order valence-electron chi connectivity index (χ2n) is 3.82. The van der Waals surface area contributed by atoms with Gasteiger partial charge in [0.05, 0.1) is 0 Å². The van der Waals surface area contributed by atoms with Crippen molar-refractivity contribution in [1.29, 1.82) is 0 Å². The normalized spacial score (nSPS) is 10.9. The maximum Gasteiger partial charge on any atom is 0.181 e. The fraction of sp³-hybridized carbons (Fsp3) is 0.273. The number of nitrogen functional groups attached to an aromatic ring is 1. The monoisotopic (exact) mass is 202 g/mol. The van der Waals surface area contributed by atoms with Crippen LogP contribution in [-0.2, 0) is 0 Å². The minimum absolute atomic E-state index is 0.361.